The minimum atomic E-state index is -0.913. The van der Waals surface area contributed by atoms with Gasteiger partial charge >= 0.3 is 5.97 Å². The van der Waals surface area contributed by atoms with E-state index in [1.807, 2.05) is 32.8 Å². The zero-order valence-corrected chi connectivity index (χ0v) is 12.2. The highest BCUT2D eigenvalue weighted by molar-refractivity contribution is 5.84. The second kappa shape index (κ2) is 7.36. The standard InChI is InChI=1S/C13H26N2O3/c1-6-13(7-2,12(17)18)10-11(16)15(5)9-8-14(3)4/h6-10H2,1-5H3,(H,17,18). The lowest BCUT2D eigenvalue weighted by atomic mass is 9.79. The Morgan fingerprint density at radius 1 is 1.06 bits per heavy atom. The molecule has 18 heavy (non-hydrogen) atoms. The van der Waals surface area contributed by atoms with Gasteiger partial charge in [-0.25, -0.2) is 0 Å². The smallest absolute Gasteiger partial charge is 0.310 e. The van der Waals surface area contributed by atoms with E-state index in [1.54, 1.807) is 11.9 Å². The van der Waals surface area contributed by atoms with Gasteiger partial charge in [0, 0.05) is 26.6 Å². The Labute approximate surface area is 110 Å². The van der Waals surface area contributed by atoms with Crippen LogP contribution in [0.1, 0.15) is 33.1 Å². The van der Waals surface area contributed by atoms with Gasteiger partial charge in [0.15, 0.2) is 0 Å². The first-order valence-corrected chi connectivity index (χ1v) is 6.41. The molecule has 0 spiro atoms. The van der Waals surface area contributed by atoms with Crippen molar-refractivity contribution in [1.82, 2.24) is 9.80 Å². The lowest BCUT2D eigenvalue weighted by molar-refractivity contribution is -0.154. The molecule has 0 bridgehead atoms. The Kier molecular flexibility index (Phi) is 6.91. The topological polar surface area (TPSA) is 60.9 Å². The second-order valence-electron chi connectivity index (χ2n) is 5.09. The molecular weight excluding hydrogens is 232 g/mol. The van der Waals surface area contributed by atoms with Gasteiger partial charge < -0.3 is 14.9 Å². The quantitative estimate of drug-likeness (QED) is 0.712. The molecule has 0 aliphatic carbocycles. The maximum Gasteiger partial charge on any atom is 0.310 e. The molecule has 0 aromatic rings. The Morgan fingerprint density at radius 2 is 1.56 bits per heavy atom. The number of carboxylic acids is 1. The first-order valence-electron chi connectivity index (χ1n) is 6.41. The van der Waals surface area contributed by atoms with Crippen LogP contribution >= 0.6 is 0 Å². The van der Waals surface area contributed by atoms with Crippen molar-refractivity contribution >= 4 is 11.9 Å². The average molecular weight is 258 g/mol. The number of carbonyl (C=O) groups is 2. The van der Waals surface area contributed by atoms with Crippen LogP contribution in [0.3, 0.4) is 0 Å². The minimum absolute atomic E-state index is 0.0826. The molecule has 0 aromatic heterocycles. The molecule has 0 aromatic carbocycles. The van der Waals surface area contributed by atoms with Crippen LogP contribution in [-0.2, 0) is 9.59 Å². The van der Waals surface area contributed by atoms with Gasteiger partial charge in [-0.15, -0.1) is 0 Å². The van der Waals surface area contributed by atoms with E-state index in [9.17, 15) is 14.7 Å². The number of carboxylic acid groups (broad SMARTS) is 1. The molecule has 5 nitrogen and oxygen atoms in total. The van der Waals surface area contributed by atoms with Gasteiger partial charge in [-0.3, -0.25) is 9.59 Å². The first kappa shape index (κ1) is 16.9. The minimum Gasteiger partial charge on any atom is -0.481 e. The van der Waals surface area contributed by atoms with Gasteiger partial charge in [-0.2, -0.15) is 0 Å². The van der Waals surface area contributed by atoms with Crippen LogP contribution < -0.4 is 0 Å². The fourth-order valence-corrected chi connectivity index (χ4v) is 1.78. The summed E-state index contributed by atoms with van der Waals surface area (Å²) in [6.07, 6.45) is 1.04. The number of hydrogen-bond donors (Lipinski definition) is 1. The maximum atomic E-state index is 12.0. The Morgan fingerprint density at radius 3 is 1.89 bits per heavy atom. The lowest BCUT2D eigenvalue weighted by Gasteiger charge is -2.29. The van der Waals surface area contributed by atoms with Gasteiger partial charge in [0.2, 0.25) is 5.91 Å². The van der Waals surface area contributed by atoms with E-state index in [4.69, 9.17) is 0 Å². The van der Waals surface area contributed by atoms with Gasteiger partial charge in [0.05, 0.1) is 5.41 Å². The lowest BCUT2D eigenvalue weighted by Crippen LogP contribution is -2.39. The zero-order chi connectivity index (χ0) is 14.3. The van der Waals surface area contributed by atoms with Crippen LogP contribution in [0.25, 0.3) is 0 Å². The van der Waals surface area contributed by atoms with Crippen molar-refractivity contribution < 1.29 is 14.7 Å². The summed E-state index contributed by atoms with van der Waals surface area (Å²) in [5.41, 5.74) is -0.913. The summed E-state index contributed by atoms with van der Waals surface area (Å²) in [7, 11) is 5.61. The highest BCUT2D eigenvalue weighted by Crippen LogP contribution is 2.31. The molecule has 1 amide bonds. The van der Waals surface area contributed by atoms with E-state index in [0.717, 1.165) is 6.54 Å². The van der Waals surface area contributed by atoms with E-state index >= 15 is 0 Å². The fourth-order valence-electron chi connectivity index (χ4n) is 1.78. The first-order chi connectivity index (χ1) is 8.29. The molecule has 0 saturated heterocycles. The average Bonchev–Trinajstić information content (AvgIpc) is 2.32. The molecule has 5 heteroatoms. The number of rotatable bonds is 8. The van der Waals surface area contributed by atoms with Gasteiger partial charge in [-0.1, -0.05) is 13.8 Å². The summed E-state index contributed by atoms with van der Waals surface area (Å²) in [6, 6.07) is 0. The van der Waals surface area contributed by atoms with E-state index < -0.39 is 11.4 Å². The summed E-state index contributed by atoms with van der Waals surface area (Å²) in [4.78, 5) is 27.0. The van der Waals surface area contributed by atoms with Gasteiger partial charge in [0.25, 0.3) is 0 Å². The molecule has 0 radical (unpaired) electrons. The van der Waals surface area contributed by atoms with Gasteiger partial charge in [0.1, 0.15) is 0 Å². The monoisotopic (exact) mass is 258 g/mol. The maximum absolute atomic E-state index is 12.0. The molecule has 0 saturated carbocycles. The van der Waals surface area contributed by atoms with E-state index in [1.165, 1.54) is 0 Å². The van der Waals surface area contributed by atoms with E-state index in [-0.39, 0.29) is 12.3 Å². The normalized spacial score (nSPS) is 11.7. The van der Waals surface area contributed by atoms with Crippen molar-refractivity contribution in [3.05, 3.63) is 0 Å². The SMILES string of the molecule is CCC(CC)(CC(=O)N(C)CCN(C)C)C(=O)O. The van der Waals surface area contributed by atoms with Crippen molar-refractivity contribution in [2.75, 3.05) is 34.2 Å². The van der Waals surface area contributed by atoms with Crippen LogP contribution in [0.4, 0.5) is 0 Å². The summed E-state index contributed by atoms with van der Waals surface area (Å²) in [6.45, 7) is 5.05. The van der Waals surface area contributed by atoms with Crippen LogP contribution in [0, 0.1) is 5.41 Å². The highest BCUT2D eigenvalue weighted by atomic mass is 16.4. The third kappa shape index (κ3) is 4.64. The van der Waals surface area contributed by atoms with Crippen LogP contribution in [0.2, 0.25) is 0 Å². The number of carbonyl (C=O) groups excluding carboxylic acids is 1. The molecule has 0 atom stereocenters. The number of likely N-dealkylation sites (N-methyl/N-ethyl adjacent to an activating group) is 2. The Bertz CT molecular complexity index is 286. The zero-order valence-electron chi connectivity index (χ0n) is 12.2. The van der Waals surface area contributed by atoms with Crippen LogP contribution in [-0.4, -0.2) is 61.0 Å². The van der Waals surface area contributed by atoms with Crippen LogP contribution in [0.15, 0.2) is 0 Å². The summed E-state index contributed by atoms with van der Waals surface area (Å²) < 4.78 is 0. The second-order valence-corrected chi connectivity index (χ2v) is 5.09. The molecule has 0 unspecified atom stereocenters. The number of hydrogen-bond acceptors (Lipinski definition) is 3. The Balaban J connectivity index is 4.56. The van der Waals surface area contributed by atoms with Crippen molar-refractivity contribution in [3.8, 4) is 0 Å². The fraction of sp³-hybridized carbons (Fsp3) is 0.846. The highest BCUT2D eigenvalue weighted by Gasteiger charge is 2.37. The molecule has 0 rings (SSSR count). The number of amides is 1. The summed E-state index contributed by atoms with van der Waals surface area (Å²) in [5.74, 6) is -0.968. The number of aliphatic carboxylic acids is 1. The predicted octanol–water partition coefficient (Wildman–Crippen LogP) is 1.29. The molecule has 0 heterocycles. The third-order valence-corrected chi connectivity index (χ3v) is 3.61. The van der Waals surface area contributed by atoms with Crippen molar-refractivity contribution in [1.29, 1.82) is 0 Å². The molecule has 0 aliphatic heterocycles. The third-order valence-electron chi connectivity index (χ3n) is 3.61. The molecular formula is C13H26N2O3. The van der Waals surface area contributed by atoms with E-state index in [2.05, 4.69) is 0 Å². The Hall–Kier alpha value is -1.10. The van der Waals surface area contributed by atoms with E-state index in [0.29, 0.717) is 19.4 Å². The predicted molar refractivity (Wildman–Crippen MR) is 71.5 cm³/mol. The summed E-state index contributed by atoms with van der Waals surface area (Å²) >= 11 is 0. The number of nitrogens with zero attached hydrogens (tertiary/aromatic N) is 2. The van der Waals surface area contributed by atoms with Crippen molar-refractivity contribution in [2.24, 2.45) is 5.41 Å². The van der Waals surface area contributed by atoms with Crippen LogP contribution in [0.5, 0.6) is 0 Å². The molecule has 1 N–H and O–H groups in total. The molecule has 106 valence electrons. The largest absolute Gasteiger partial charge is 0.481 e. The van der Waals surface area contributed by atoms with Crippen molar-refractivity contribution in [3.63, 3.8) is 0 Å². The summed E-state index contributed by atoms with van der Waals surface area (Å²) in [5, 5.41) is 9.29. The molecule has 0 aliphatic rings. The molecule has 0 fully saturated rings. The van der Waals surface area contributed by atoms with Crippen molar-refractivity contribution in [2.45, 2.75) is 33.1 Å². The van der Waals surface area contributed by atoms with Gasteiger partial charge in [-0.05, 0) is 26.9 Å².